The molecule has 0 bridgehead atoms. The standard InChI is InChI=1S/C18H14N4O/c1-23-15-9-7-13(8-10-15)16-11-12-19-18-20-17(21-22(16)18)14-5-3-2-4-6-14/h2-12H,1H3. The highest BCUT2D eigenvalue weighted by Gasteiger charge is 2.11. The third-order valence-electron chi connectivity index (χ3n) is 3.66. The number of hydrogen-bond donors (Lipinski definition) is 0. The molecule has 5 heteroatoms. The Hall–Kier alpha value is -3.21. The third-order valence-corrected chi connectivity index (χ3v) is 3.66. The van der Waals surface area contributed by atoms with Crippen LogP contribution in [0.25, 0.3) is 28.4 Å². The van der Waals surface area contributed by atoms with Crippen LogP contribution in [-0.2, 0) is 0 Å². The lowest BCUT2D eigenvalue weighted by Crippen LogP contribution is -1.96. The van der Waals surface area contributed by atoms with E-state index in [0.717, 1.165) is 22.6 Å². The molecule has 2 aromatic heterocycles. The first-order chi connectivity index (χ1) is 11.3. The molecule has 0 aliphatic carbocycles. The van der Waals surface area contributed by atoms with Crippen molar-refractivity contribution in [1.82, 2.24) is 19.6 Å². The molecule has 4 aromatic rings. The number of ether oxygens (including phenoxy) is 1. The second-order valence-electron chi connectivity index (χ2n) is 5.07. The molecule has 0 saturated carbocycles. The van der Waals surface area contributed by atoms with Crippen molar-refractivity contribution < 1.29 is 4.74 Å². The number of nitrogens with zero attached hydrogens (tertiary/aromatic N) is 4. The second-order valence-corrected chi connectivity index (χ2v) is 5.07. The molecule has 112 valence electrons. The van der Waals surface area contributed by atoms with Gasteiger partial charge in [0.2, 0.25) is 0 Å². The summed E-state index contributed by atoms with van der Waals surface area (Å²) in [6.07, 6.45) is 1.75. The number of rotatable bonds is 3. The van der Waals surface area contributed by atoms with Crippen molar-refractivity contribution in [1.29, 1.82) is 0 Å². The Morgan fingerprint density at radius 3 is 2.39 bits per heavy atom. The Labute approximate surface area is 133 Å². The van der Waals surface area contributed by atoms with Crippen LogP contribution in [0.2, 0.25) is 0 Å². The van der Waals surface area contributed by atoms with Crippen molar-refractivity contribution in [3.63, 3.8) is 0 Å². The highest BCUT2D eigenvalue weighted by molar-refractivity contribution is 5.64. The molecular weight excluding hydrogens is 288 g/mol. The average Bonchev–Trinajstić information content (AvgIpc) is 3.07. The molecule has 0 radical (unpaired) electrons. The van der Waals surface area contributed by atoms with Crippen molar-refractivity contribution in [3.05, 3.63) is 66.9 Å². The summed E-state index contributed by atoms with van der Waals surface area (Å²) >= 11 is 0. The zero-order valence-corrected chi connectivity index (χ0v) is 12.5. The Morgan fingerprint density at radius 2 is 1.65 bits per heavy atom. The molecular formula is C18H14N4O. The van der Waals surface area contributed by atoms with Gasteiger partial charge in [0.05, 0.1) is 12.8 Å². The summed E-state index contributed by atoms with van der Waals surface area (Å²) in [5.74, 6) is 2.07. The largest absolute Gasteiger partial charge is 0.497 e. The van der Waals surface area contributed by atoms with Crippen LogP contribution >= 0.6 is 0 Å². The van der Waals surface area contributed by atoms with E-state index in [1.165, 1.54) is 0 Å². The maximum atomic E-state index is 5.21. The van der Waals surface area contributed by atoms with E-state index in [9.17, 15) is 0 Å². The lowest BCUT2D eigenvalue weighted by molar-refractivity contribution is 0.415. The van der Waals surface area contributed by atoms with Crippen molar-refractivity contribution in [2.45, 2.75) is 0 Å². The summed E-state index contributed by atoms with van der Waals surface area (Å²) in [4.78, 5) is 8.83. The van der Waals surface area contributed by atoms with Gasteiger partial charge in [-0.15, -0.1) is 5.10 Å². The molecule has 2 heterocycles. The van der Waals surface area contributed by atoms with E-state index >= 15 is 0 Å². The van der Waals surface area contributed by atoms with E-state index in [1.807, 2.05) is 60.7 Å². The van der Waals surface area contributed by atoms with Crippen LogP contribution in [0.4, 0.5) is 0 Å². The first-order valence-electron chi connectivity index (χ1n) is 7.27. The van der Waals surface area contributed by atoms with Gasteiger partial charge < -0.3 is 4.74 Å². The van der Waals surface area contributed by atoms with Gasteiger partial charge in [-0.2, -0.15) is 9.50 Å². The monoisotopic (exact) mass is 302 g/mol. The molecule has 23 heavy (non-hydrogen) atoms. The maximum absolute atomic E-state index is 5.21. The molecule has 0 amide bonds. The topological polar surface area (TPSA) is 52.3 Å². The molecule has 0 fully saturated rings. The molecule has 0 unspecified atom stereocenters. The van der Waals surface area contributed by atoms with Gasteiger partial charge in [0.1, 0.15) is 5.75 Å². The van der Waals surface area contributed by atoms with E-state index in [0.29, 0.717) is 11.6 Å². The van der Waals surface area contributed by atoms with Crippen molar-refractivity contribution in [2.24, 2.45) is 0 Å². The SMILES string of the molecule is COc1ccc(-c2ccnc3nc(-c4ccccc4)nn23)cc1. The quantitative estimate of drug-likeness (QED) is 0.581. The highest BCUT2D eigenvalue weighted by Crippen LogP contribution is 2.23. The molecule has 2 aromatic carbocycles. The van der Waals surface area contributed by atoms with Gasteiger partial charge in [0.25, 0.3) is 5.78 Å². The van der Waals surface area contributed by atoms with E-state index in [1.54, 1.807) is 17.8 Å². The van der Waals surface area contributed by atoms with Gasteiger partial charge in [-0.05, 0) is 30.3 Å². The molecule has 0 aliphatic heterocycles. The van der Waals surface area contributed by atoms with Crippen molar-refractivity contribution in [2.75, 3.05) is 7.11 Å². The van der Waals surface area contributed by atoms with E-state index in [4.69, 9.17) is 4.74 Å². The van der Waals surface area contributed by atoms with Crippen LogP contribution in [0.15, 0.2) is 66.9 Å². The molecule has 0 aliphatic rings. The van der Waals surface area contributed by atoms with Crippen LogP contribution in [0, 0.1) is 0 Å². The van der Waals surface area contributed by atoms with Crippen LogP contribution in [0.1, 0.15) is 0 Å². The number of benzene rings is 2. The molecule has 0 spiro atoms. The van der Waals surface area contributed by atoms with E-state index < -0.39 is 0 Å². The van der Waals surface area contributed by atoms with Crippen LogP contribution in [-0.4, -0.2) is 26.7 Å². The third kappa shape index (κ3) is 2.42. The molecule has 5 nitrogen and oxygen atoms in total. The predicted molar refractivity (Wildman–Crippen MR) is 88.2 cm³/mol. The van der Waals surface area contributed by atoms with Gasteiger partial charge in [-0.1, -0.05) is 30.3 Å². The summed E-state index contributed by atoms with van der Waals surface area (Å²) < 4.78 is 6.98. The van der Waals surface area contributed by atoms with Gasteiger partial charge >= 0.3 is 0 Å². The minimum atomic E-state index is 0.581. The maximum Gasteiger partial charge on any atom is 0.253 e. The summed E-state index contributed by atoms with van der Waals surface area (Å²) in [5, 5.41) is 4.61. The lowest BCUT2D eigenvalue weighted by atomic mass is 10.1. The zero-order valence-electron chi connectivity index (χ0n) is 12.5. The Balaban J connectivity index is 1.85. The van der Waals surface area contributed by atoms with Crippen molar-refractivity contribution >= 4 is 5.78 Å². The smallest absolute Gasteiger partial charge is 0.253 e. The second kappa shape index (κ2) is 5.53. The minimum Gasteiger partial charge on any atom is -0.497 e. The molecule has 0 saturated heterocycles. The normalized spacial score (nSPS) is 10.8. The molecule has 4 rings (SSSR count). The highest BCUT2D eigenvalue weighted by atomic mass is 16.5. The zero-order chi connectivity index (χ0) is 15.6. The van der Waals surface area contributed by atoms with Crippen LogP contribution in [0.3, 0.4) is 0 Å². The van der Waals surface area contributed by atoms with Crippen molar-refractivity contribution in [3.8, 4) is 28.4 Å². The van der Waals surface area contributed by atoms with Gasteiger partial charge in [0.15, 0.2) is 5.82 Å². The first-order valence-corrected chi connectivity index (χ1v) is 7.27. The average molecular weight is 302 g/mol. The summed E-state index contributed by atoms with van der Waals surface area (Å²) in [5.41, 5.74) is 2.94. The number of hydrogen-bond acceptors (Lipinski definition) is 4. The Kier molecular flexibility index (Phi) is 3.24. The lowest BCUT2D eigenvalue weighted by Gasteiger charge is -2.05. The number of methoxy groups -OCH3 is 1. The first kappa shape index (κ1) is 13.5. The Morgan fingerprint density at radius 1 is 0.870 bits per heavy atom. The number of fused-ring (bicyclic) bond motifs is 1. The molecule has 0 atom stereocenters. The van der Waals surface area contributed by atoms with Gasteiger partial charge in [0, 0.05) is 17.3 Å². The Bertz CT molecular complexity index is 946. The van der Waals surface area contributed by atoms with E-state index in [-0.39, 0.29) is 0 Å². The fraction of sp³-hybridized carbons (Fsp3) is 0.0556. The fourth-order valence-electron chi connectivity index (χ4n) is 2.48. The van der Waals surface area contributed by atoms with Gasteiger partial charge in [-0.3, -0.25) is 0 Å². The van der Waals surface area contributed by atoms with Crippen LogP contribution < -0.4 is 4.74 Å². The predicted octanol–water partition coefficient (Wildman–Crippen LogP) is 3.47. The molecule has 0 N–H and O–H groups in total. The fourth-order valence-corrected chi connectivity index (χ4v) is 2.48. The van der Waals surface area contributed by atoms with Gasteiger partial charge in [-0.25, -0.2) is 4.98 Å². The summed E-state index contributed by atoms with van der Waals surface area (Å²) in [6.45, 7) is 0. The summed E-state index contributed by atoms with van der Waals surface area (Å²) in [7, 11) is 1.66. The minimum absolute atomic E-state index is 0.581. The number of aromatic nitrogens is 4. The van der Waals surface area contributed by atoms with E-state index in [2.05, 4.69) is 15.1 Å². The summed E-state index contributed by atoms with van der Waals surface area (Å²) in [6, 6.07) is 19.7. The van der Waals surface area contributed by atoms with Crippen LogP contribution in [0.5, 0.6) is 5.75 Å².